The Morgan fingerprint density at radius 1 is 1.38 bits per heavy atom. The van der Waals surface area contributed by atoms with E-state index in [0.29, 0.717) is 21.9 Å². The van der Waals surface area contributed by atoms with Crippen molar-refractivity contribution in [3.05, 3.63) is 27.8 Å². The van der Waals surface area contributed by atoms with Crippen molar-refractivity contribution in [3.63, 3.8) is 0 Å². The van der Waals surface area contributed by atoms with Crippen LogP contribution in [-0.2, 0) is 0 Å². The summed E-state index contributed by atoms with van der Waals surface area (Å²) in [7, 11) is 0. The van der Waals surface area contributed by atoms with E-state index in [2.05, 4.69) is 25.9 Å². The van der Waals surface area contributed by atoms with Crippen molar-refractivity contribution >= 4 is 44.4 Å². The zero-order chi connectivity index (χ0) is 9.42. The zero-order valence-electron chi connectivity index (χ0n) is 6.46. The van der Waals surface area contributed by atoms with E-state index in [1.54, 1.807) is 6.07 Å². The molecule has 0 atom stereocenters. The topological polar surface area (TPSA) is 51.8 Å². The molecule has 5 heteroatoms. The van der Waals surface area contributed by atoms with Gasteiger partial charge in [-0.3, -0.25) is 0 Å². The first-order valence-electron chi connectivity index (χ1n) is 3.54. The molecule has 0 bridgehead atoms. The molecule has 2 rings (SSSR count). The van der Waals surface area contributed by atoms with Crippen molar-refractivity contribution < 1.29 is 0 Å². The smallest absolute Gasteiger partial charge is 0.142 e. The third-order valence-electron chi connectivity index (χ3n) is 1.58. The maximum absolute atomic E-state index is 5.94. The van der Waals surface area contributed by atoms with Crippen LogP contribution < -0.4 is 5.73 Å². The molecule has 1 aromatic heterocycles. The van der Waals surface area contributed by atoms with Crippen LogP contribution in [0, 0.1) is 0 Å². The van der Waals surface area contributed by atoms with Crippen LogP contribution >= 0.6 is 27.5 Å². The van der Waals surface area contributed by atoms with Crippen molar-refractivity contribution in [3.8, 4) is 0 Å². The number of nitrogens with zero attached hydrogens (tertiary/aromatic N) is 2. The zero-order valence-corrected chi connectivity index (χ0v) is 8.80. The Labute approximate surface area is 88.1 Å². The molecule has 0 saturated heterocycles. The molecule has 13 heavy (non-hydrogen) atoms. The van der Waals surface area contributed by atoms with Gasteiger partial charge < -0.3 is 5.73 Å². The Balaban J connectivity index is 2.86. The Morgan fingerprint density at radius 2 is 2.15 bits per heavy atom. The molecule has 0 fully saturated rings. The maximum atomic E-state index is 5.94. The highest BCUT2D eigenvalue weighted by atomic mass is 79.9. The average Bonchev–Trinajstić information content (AvgIpc) is 2.02. The van der Waals surface area contributed by atoms with E-state index in [1.807, 2.05) is 6.07 Å². The number of fused-ring (bicyclic) bond motifs is 1. The number of hydrogen-bond acceptors (Lipinski definition) is 3. The minimum Gasteiger partial charge on any atom is -0.382 e. The van der Waals surface area contributed by atoms with Gasteiger partial charge in [0.2, 0.25) is 0 Å². The predicted molar refractivity (Wildman–Crippen MR) is 56.7 cm³/mol. The highest BCUT2D eigenvalue weighted by Gasteiger charge is 2.03. The maximum Gasteiger partial charge on any atom is 0.142 e. The van der Waals surface area contributed by atoms with Gasteiger partial charge >= 0.3 is 0 Å². The molecule has 0 unspecified atom stereocenters. The summed E-state index contributed by atoms with van der Waals surface area (Å²) in [6.07, 6.45) is 1.49. The summed E-state index contributed by atoms with van der Waals surface area (Å²) in [5.74, 6) is 0.390. The van der Waals surface area contributed by atoms with Gasteiger partial charge in [-0.25, -0.2) is 9.97 Å². The third kappa shape index (κ3) is 1.59. The van der Waals surface area contributed by atoms with Crippen LogP contribution in [0.4, 0.5) is 5.82 Å². The van der Waals surface area contributed by atoms with Gasteiger partial charge in [-0.05, 0) is 12.1 Å². The van der Waals surface area contributed by atoms with Gasteiger partial charge in [0.05, 0.1) is 16.7 Å². The number of aromatic nitrogens is 2. The molecule has 3 nitrogen and oxygen atoms in total. The summed E-state index contributed by atoms with van der Waals surface area (Å²) in [5.41, 5.74) is 6.85. The quantitative estimate of drug-likeness (QED) is 0.790. The Hall–Kier alpha value is -0.870. The number of nitrogen functional groups attached to an aromatic ring is 1. The molecule has 66 valence electrons. The van der Waals surface area contributed by atoms with Gasteiger partial charge in [0.15, 0.2) is 0 Å². The number of benzene rings is 1. The molecule has 2 aromatic rings. The molecule has 0 amide bonds. The number of nitrogens with two attached hydrogens (primary N) is 1. The molecule has 0 aliphatic heterocycles. The molecule has 0 aliphatic carbocycles. The van der Waals surface area contributed by atoms with Crippen LogP contribution in [0.25, 0.3) is 11.0 Å². The van der Waals surface area contributed by atoms with E-state index in [-0.39, 0.29) is 0 Å². The highest BCUT2D eigenvalue weighted by Crippen LogP contribution is 2.25. The second-order valence-corrected chi connectivity index (χ2v) is 3.87. The predicted octanol–water partition coefficient (Wildman–Crippen LogP) is 2.63. The Kier molecular flexibility index (Phi) is 2.09. The van der Waals surface area contributed by atoms with Crippen LogP contribution in [-0.4, -0.2) is 9.97 Å². The minimum atomic E-state index is 0.390. The van der Waals surface area contributed by atoms with Crippen LogP contribution in [0.2, 0.25) is 5.02 Å². The molecule has 0 aliphatic rings. The summed E-state index contributed by atoms with van der Waals surface area (Å²) in [5, 5.41) is 0.567. The number of rotatable bonds is 0. The van der Waals surface area contributed by atoms with Gasteiger partial charge in [0, 0.05) is 4.47 Å². The van der Waals surface area contributed by atoms with Gasteiger partial charge in [-0.2, -0.15) is 0 Å². The fourth-order valence-electron chi connectivity index (χ4n) is 1.06. The van der Waals surface area contributed by atoms with E-state index in [9.17, 15) is 0 Å². The van der Waals surface area contributed by atoms with E-state index < -0.39 is 0 Å². The number of halogens is 2. The van der Waals surface area contributed by atoms with E-state index in [1.165, 1.54) is 6.20 Å². The normalized spacial score (nSPS) is 10.6. The standard InChI is InChI=1S/C8H5BrClN3/c9-4-1-5(10)8-6(2-4)13-7(11)3-12-8/h1-3H,(H2,11,13). The van der Waals surface area contributed by atoms with Crippen molar-refractivity contribution in [2.45, 2.75) is 0 Å². The first-order chi connectivity index (χ1) is 6.16. The largest absolute Gasteiger partial charge is 0.382 e. The lowest BCUT2D eigenvalue weighted by Gasteiger charge is -2.00. The third-order valence-corrected chi connectivity index (χ3v) is 2.33. The summed E-state index contributed by atoms with van der Waals surface area (Å²) in [4.78, 5) is 8.18. The Morgan fingerprint density at radius 3 is 2.92 bits per heavy atom. The fraction of sp³-hybridized carbons (Fsp3) is 0. The van der Waals surface area contributed by atoms with Gasteiger partial charge in [0.1, 0.15) is 11.3 Å². The van der Waals surface area contributed by atoms with Crippen molar-refractivity contribution in [1.82, 2.24) is 9.97 Å². The molecule has 0 spiro atoms. The van der Waals surface area contributed by atoms with Crippen LogP contribution in [0.5, 0.6) is 0 Å². The first kappa shape index (κ1) is 8.72. The lowest BCUT2D eigenvalue weighted by atomic mass is 10.3. The average molecular weight is 259 g/mol. The van der Waals surface area contributed by atoms with E-state index in [0.717, 1.165) is 4.47 Å². The van der Waals surface area contributed by atoms with Crippen LogP contribution in [0.3, 0.4) is 0 Å². The highest BCUT2D eigenvalue weighted by molar-refractivity contribution is 9.10. The lowest BCUT2D eigenvalue weighted by Crippen LogP contribution is -1.92. The molecule has 2 N–H and O–H groups in total. The summed E-state index contributed by atoms with van der Waals surface area (Å²) < 4.78 is 0.866. The van der Waals surface area contributed by atoms with Gasteiger partial charge in [0.25, 0.3) is 0 Å². The molecule has 1 aromatic carbocycles. The second-order valence-electron chi connectivity index (χ2n) is 2.55. The van der Waals surface area contributed by atoms with Gasteiger partial charge in [-0.15, -0.1) is 0 Å². The lowest BCUT2D eigenvalue weighted by molar-refractivity contribution is 1.30. The first-order valence-corrected chi connectivity index (χ1v) is 4.71. The van der Waals surface area contributed by atoms with Crippen molar-refractivity contribution in [2.75, 3.05) is 5.73 Å². The summed E-state index contributed by atoms with van der Waals surface area (Å²) in [6, 6.07) is 3.60. The van der Waals surface area contributed by atoms with E-state index >= 15 is 0 Å². The summed E-state index contributed by atoms with van der Waals surface area (Å²) in [6.45, 7) is 0. The monoisotopic (exact) mass is 257 g/mol. The second kappa shape index (κ2) is 3.12. The number of anilines is 1. The van der Waals surface area contributed by atoms with Gasteiger partial charge in [-0.1, -0.05) is 27.5 Å². The van der Waals surface area contributed by atoms with Crippen LogP contribution in [0.1, 0.15) is 0 Å². The molecule has 0 radical (unpaired) electrons. The molecule has 0 saturated carbocycles. The number of hydrogen-bond donors (Lipinski definition) is 1. The molecular weight excluding hydrogens is 253 g/mol. The van der Waals surface area contributed by atoms with E-state index in [4.69, 9.17) is 17.3 Å². The van der Waals surface area contributed by atoms with Crippen molar-refractivity contribution in [2.24, 2.45) is 0 Å². The van der Waals surface area contributed by atoms with Crippen molar-refractivity contribution in [1.29, 1.82) is 0 Å². The SMILES string of the molecule is Nc1cnc2c(Cl)cc(Br)cc2n1. The molecular formula is C8H5BrClN3. The minimum absolute atomic E-state index is 0.390. The summed E-state index contributed by atoms with van der Waals surface area (Å²) >= 11 is 9.26. The molecule has 1 heterocycles. The fourth-order valence-corrected chi connectivity index (χ4v) is 1.90. The van der Waals surface area contributed by atoms with Crippen LogP contribution in [0.15, 0.2) is 22.8 Å². The Bertz CT molecular complexity index is 467.